The number of carbonyl (C=O) groups excluding carboxylic acids is 3. The standard InChI is InChI=1S/C32H44O16/c1-11(2)6-17(34)48-22-24-31-10-44-32(24,29(42)43-5)26(40)21(38)23(31)30(4)13(8-16(31)47-27(22)41)12(3)7-14(25(30)39)45-28-20(37)19(36)18(35)15(9-33)46-28/h6-7,13-16,18-26,28,33,35-40H,8-10H2,1-5H3/t13-,14-,15+,16+,18-,19-,20+,21+,22+,23+,24+,25+,26-,28+,30-,31+,32-/m0/s1. The largest absolute Gasteiger partial charge is 0.467 e. The highest BCUT2D eigenvalue weighted by molar-refractivity contribution is 5.89. The fourth-order valence-corrected chi connectivity index (χ4v) is 9.79. The summed E-state index contributed by atoms with van der Waals surface area (Å²) in [6.07, 6.45) is -14.6. The minimum Gasteiger partial charge on any atom is -0.467 e. The number of aliphatic hydroxyl groups is 7. The molecule has 1 spiro atoms. The molecule has 268 valence electrons. The number of carbonyl (C=O) groups is 3. The zero-order valence-electron chi connectivity index (χ0n) is 27.2. The minimum atomic E-state index is -2.35. The van der Waals surface area contributed by atoms with Crippen LogP contribution >= 0.6 is 0 Å². The Morgan fingerprint density at radius 1 is 1.02 bits per heavy atom. The van der Waals surface area contributed by atoms with Gasteiger partial charge < -0.3 is 64.2 Å². The first-order valence-corrected chi connectivity index (χ1v) is 16.0. The van der Waals surface area contributed by atoms with Crippen LogP contribution in [-0.4, -0.2) is 147 Å². The lowest BCUT2D eigenvalue weighted by Crippen LogP contribution is -2.80. The summed E-state index contributed by atoms with van der Waals surface area (Å²) in [4.78, 5) is 40.2. The smallest absolute Gasteiger partial charge is 0.348 e. The van der Waals surface area contributed by atoms with Crippen molar-refractivity contribution >= 4 is 17.9 Å². The molecule has 6 aliphatic rings. The van der Waals surface area contributed by atoms with Gasteiger partial charge in [0.1, 0.15) is 42.7 Å². The molecule has 3 aliphatic heterocycles. The Balaban J connectivity index is 1.46. The molecule has 0 amide bonds. The van der Waals surface area contributed by atoms with Crippen LogP contribution in [0.1, 0.15) is 34.1 Å². The maximum atomic E-state index is 13.7. The molecule has 0 radical (unpaired) electrons. The predicted molar refractivity (Wildman–Crippen MR) is 156 cm³/mol. The van der Waals surface area contributed by atoms with E-state index in [1.165, 1.54) is 0 Å². The highest BCUT2D eigenvalue weighted by Gasteiger charge is 2.85. The van der Waals surface area contributed by atoms with Gasteiger partial charge >= 0.3 is 17.9 Å². The van der Waals surface area contributed by atoms with Crippen LogP contribution in [-0.2, 0) is 42.8 Å². The summed E-state index contributed by atoms with van der Waals surface area (Å²) >= 11 is 0. The first-order chi connectivity index (χ1) is 22.5. The maximum absolute atomic E-state index is 13.7. The van der Waals surface area contributed by atoms with E-state index in [0.29, 0.717) is 11.1 Å². The first-order valence-electron chi connectivity index (χ1n) is 16.0. The number of methoxy groups -OCH3 is 1. The van der Waals surface area contributed by atoms with Gasteiger partial charge in [-0.1, -0.05) is 24.1 Å². The topological polar surface area (TPSA) is 248 Å². The molecule has 17 atom stereocenters. The van der Waals surface area contributed by atoms with Crippen LogP contribution < -0.4 is 0 Å². The highest BCUT2D eigenvalue weighted by atomic mass is 16.7. The van der Waals surface area contributed by atoms with Gasteiger partial charge in [-0.3, -0.25) is 0 Å². The van der Waals surface area contributed by atoms with E-state index < -0.39 is 126 Å². The number of hydrogen-bond acceptors (Lipinski definition) is 16. The average molecular weight is 685 g/mol. The van der Waals surface area contributed by atoms with Crippen molar-refractivity contribution in [1.29, 1.82) is 0 Å². The molecule has 16 nitrogen and oxygen atoms in total. The zero-order chi connectivity index (χ0) is 35.2. The number of esters is 3. The molecule has 0 unspecified atom stereocenters. The van der Waals surface area contributed by atoms with Crippen LogP contribution in [0.5, 0.6) is 0 Å². The molecule has 2 bridgehead atoms. The van der Waals surface area contributed by atoms with E-state index in [1.54, 1.807) is 33.8 Å². The third-order valence-electron chi connectivity index (χ3n) is 11.8. The van der Waals surface area contributed by atoms with Crippen molar-refractivity contribution in [3.05, 3.63) is 23.3 Å². The van der Waals surface area contributed by atoms with E-state index in [4.69, 9.17) is 28.4 Å². The molecule has 5 fully saturated rings. The summed E-state index contributed by atoms with van der Waals surface area (Å²) in [5, 5.41) is 77.0. The second kappa shape index (κ2) is 12.1. The number of allylic oxidation sites excluding steroid dienone is 2. The number of fused-ring (bicyclic) bond motifs is 2. The fraction of sp³-hybridized carbons (Fsp3) is 0.781. The number of aliphatic hydroxyl groups excluding tert-OH is 7. The van der Waals surface area contributed by atoms with Crippen LogP contribution in [0.2, 0.25) is 0 Å². The summed E-state index contributed by atoms with van der Waals surface area (Å²) in [6.45, 7) is 5.62. The van der Waals surface area contributed by atoms with Crippen LogP contribution in [0.25, 0.3) is 0 Å². The first kappa shape index (κ1) is 35.3. The third kappa shape index (κ3) is 4.61. The molecule has 7 N–H and O–H groups in total. The summed E-state index contributed by atoms with van der Waals surface area (Å²) in [6, 6.07) is 0. The quantitative estimate of drug-likeness (QED) is 0.0647. The van der Waals surface area contributed by atoms with Crippen molar-refractivity contribution in [2.75, 3.05) is 20.3 Å². The molecule has 3 saturated heterocycles. The van der Waals surface area contributed by atoms with Crippen molar-refractivity contribution in [3.63, 3.8) is 0 Å². The highest BCUT2D eigenvalue weighted by Crippen LogP contribution is 2.73. The van der Waals surface area contributed by atoms with Gasteiger partial charge in [-0.15, -0.1) is 0 Å². The minimum absolute atomic E-state index is 0.0828. The van der Waals surface area contributed by atoms with E-state index in [9.17, 15) is 50.1 Å². The van der Waals surface area contributed by atoms with E-state index in [2.05, 4.69) is 0 Å². The summed E-state index contributed by atoms with van der Waals surface area (Å²) in [5.74, 6) is -6.18. The van der Waals surface area contributed by atoms with Gasteiger partial charge in [0.15, 0.2) is 6.29 Å². The van der Waals surface area contributed by atoms with E-state index in [-0.39, 0.29) is 13.0 Å². The Bertz CT molecular complexity index is 1390. The summed E-state index contributed by atoms with van der Waals surface area (Å²) in [5.41, 5.74) is -4.10. The molecular formula is C32H44O16. The van der Waals surface area contributed by atoms with Gasteiger partial charge in [0.2, 0.25) is 11.7 Å². The Morgan fingerprint density at radius 2 is 1.71 bits per heavy atom. The predicted octanol–water partition coefficient (Wildman–Crippen LogP) is -2.78. The normalized spacial score (nSPS) is 50.7. The molecule has 2 saturated carbocycles. The Kier molecular flexibility index (Phi) is 8.88. The van der Waals surface area contributed by atoms with Gasteiger partial charge in [-0.25, -0.2) is 14.4 Å². The lowest BCUT2D eigenvalue weighted by molar-refractivity contribution is -0.330. The van der Waals surface area contributed by atoms with Crippen molar-refractivity contribution in [2.45, 2.75) is 107 Å². The van der Waals surface area contributed by atoms with Crippen LogP contribution in [0, 0.1) is 28.6 Å². The number of hydrogen-bond donors (Lipinski definition) is 7. The van der Waals surface area contributed by atoms with E-state index >= 15 is 0 Å². The summed E-state index contributed by atoms with van der Waals surface area (Å²) < 4.78 is 34.3. The van der Waals surface area contributed by atoms with Gasteiger partial charge in [0.05, 0.1) is 38.4 Å². The van der Waals surface area contributed by atoms with Gasteiger partial charge in [-0.05, 0) is 33.1 Å². The molecule has 3 aliphatic carbocycles. The van der Waals surface area contributed by atoms with E-state index in [1.807, 2.05) is 0 Å². The molecule has 0 aromatic carbocycles. The molecule has 0 aromatic heterocycles. The molecular weight excluding hydrogens is 640 g/mol. The van der Waals surface area contributed by atoms with E-state index in [0.717, 1.165) is 13.2 Å². The third-order valence-corrected chi connectivity index (χ3v) is 11.8. The number of rotatable bonds is 6. The molecule has 3 heterocycles. The van der Waals surface area contributed by atoms with Crippen molar-refractivity contribution in [1.82, 2.24) is 0 Å². The molecule has 16 heteroatoms. The van der Waals surface area contributed by atoms with Crippen LogP contribution in [0.4, 0.5) is 0 Å². The zero-order valence-corrected chi connectivity index (χ0v) is 27.2. The Labute approximate surface area is 275 Å². The lowest BCUT2D eigenvalue weighted by atomic mass is 9.37. The van der Waals surface area contributed by atoms with Crippen molar-refractivity contribution < 1.29 is 78.6 Å². The SMILES string of the molecule is COC(=O)[C@@]12OC[C@]34[C@H]([C@@H](O)[C@@H]1O)[C@@]1(C)[C@H](O)[C@@H](O[C@@H]5O[C@H](CO)[C@H](O)[C@H](O)[C@H]5O)C=C(C)[C@@H]1C[C@H]3OC(=O)[C@H](OC(=O)C=C(C)C)[C@@H]24. The number of ether oxygens (including phenoxy) is 6. The molecule has 48 heavy (non-hydrogen) atoms. The second-order valence-corrected chi connectivity index (χ2v) is 14.4. The van der Waals surface area contributed by atoms with Gasteiger partial charge in [0, 0.05) is 22.8 Å². The fourth-order valence-electron chi connectivity index (χ4n) is 9.79. The van der Waals surface area contributed by atoms with Gasteiger partial charge in [0.25, 0.3) is 0 Å². The average Bonchev–Trinajstić information content (AvgIpc) is 3.34. The monoisotopic (exact) mass is 684 g/mol. The van der Waals surface area contributed by atoms with Crippen LogP contribution in [0.15, 0.2) is 23.3 Å². The van der Waals surface area contributed by atoms with Crippen LogP contribution in [0.3, 0.4) is 0 Å². The second-order valence-electron chi connectivity index (χ2n) is 14.4. The molecule has 6 rings (SSSR count). The molecule has 0 aromatic rings. The lowest BCUT2D eigenvalue weighted by Gasteiger charge is -2.68. The maximum Gasteiger partial charge on any atom is 0.348 e. The summed E-state index contributed by atoms with van der Waals surface area (Å²) in [7, 11) is 1.05. The van der Waals surface area contributed by atoms with Gasteiger partial charge in [-0.2, -0.15) is 0 Å². The Morgan fingerprint density at radius 3 is 2.33 bits per heavy atom. The van der Waals surface area contributed by atoms with Crippen molar-refractivity contribution in [2.24, 2.45) is 28.6 Å². The van der Waals surface area contributed by atoms with Crippen molar-refractivity contribution in [3.8, 4) is 0 Å². The Hall–Kier alpha value is -2.51.